The fourth-order valence-electron chi connectivity index (χ4n) is 2.44. The number of amides is 2. The maximum absolute atomic E-state index is 13.8. The summed E-state index contributed by atoms with van der Waals surface area (Å²) in [6.07, 6.45) is 2.68. The van der Waals surface area contributed by atoms with E-state index in [2.05, 4.69) is 9.97 Å². The summed E-state index contributed by atoms with van der Waals surface area (Å²) in [6.45, 7) is 3.12. The molecule has 11 heteroatoms. The van der Waals surface area contributed by atoms with Crippen molar-refractivity contribution >= 4 is 46.6 Å². The Morgan fingerprint density at radius 1 is 1.39 bits per heavy atom. The molecule has 1 aromatic heterocycles. The van der Waals surface area contributed by atoms with E-state index in [1.165, 1.54) is 12.1 Å². The largest absolute Gasteiger partial charge is 0.461 e. The molecule has 1 atom stereocenters. The summed E-state index contributed by atoms with van der Waals surface area (Å²) < 4.78 is 24.3. The first-order chi connectivity index (χ1) is 14.8. The van der Waals surface area contributed by atoms with Gasteiger partial charge in [0.25, 0.3) is 17.0 Å². The summed E-state index contributed by atoms with van der Waals surface area (Å²) in [5.41, 5.74) is 0.519. The molecule has 0 radical (unpaired) electrons. The number of thioether (sulfide) groups is 1. The van der Waals surface area contributed by atoms with Gasteiger partial charge in [-0.1, -0.05) is 19.1 Å². The third kappa shape index (κ3) is 5.80. The summed E-state index contributed by atoms with van der Waals surface area (Å²) in [5.74, 6) is -2.16. The fraction of sp³-hybridized carbons (Fsp3) is 0.250. The molecule has 0 bridgehead atoms. The van der Waals surface area contributed by atoms with Gasteiger partial charge in [-0.25, -0.2) is 4.98 Å². The molecule has 0 N–H and O–H groups in total. The molecule has 2 aromatic rings. The number of nitrogens with zero attached hydrogens (tertiary/aromatic N) is 3. The second-order valence-corrected chi connectivity index (χ2v) is 7.77. The highest BCUT2D eigenvalue weighted by molar-refractivity contribution is 8.18. The number of esters is 1. The quantitative estimate of drug-likeness (QED) is 0.336. The van der Waals surface area contributed by atoms with E-state index < -0.39 is 29.5 Å². The van der Waals surface area contributed by atoms with E-state index in [1.807, 2.05) is 6.92 Å². The van der Waals surface area contributed by atoms with Crippen LogP contribution in [0.3, 0.4) is 0 Å². The minimum Gasteiger partial charge on any atom is -0.461 e. The van der Waals surface area contributed by atoms with Crippen LogP contribution in [0.5, 0.6) is 11.6 Å². The SMILES string of the molecule is CC[C@H](C)OC(=O)CN1C(=O)S/C(=C/c2cccc(Oc3nc(Cl)ncc3F)c2)C1=O. The van der Waals surface area contributed by atoms with Crippen molar-refractivity contribution in [2.45, 2.75) is 26.4 Å². The predicted molar refractivity (Wildman–Crippen MR) is 112 cm³/mol. The number of imide groups is 1. The molecule has 1 saturated heterocycles. The van der Waals surface area contributed by atoms with Crippen LogP contribution in [0, 0.1) is 5.82 Å². The summed E-state index contributed by atoms with van der Waals surface area (Å²) in [5, 5.41) is -0.740. The lowest BCUT2D eigenvalue weighted by molar-refractivity contribution is -0.150. The predicted octanol–water partition coefficient (Wildman–Crippen LogP) is 4.44. The molecule has 1 aliphatic rings. The molecule has 1 aliphatic heterocycles. The summed E-state index contributed by atoms with van der Waals surface area (Å²) >= 11 is 6.36. The minimum atomic E-state index is -0.791. The molecule has 0 saturated carbocycles. The van der Waals surface area contributed by atoms with Crippen LogP contribution in [-0.2, 0) is 14.3 Å². The number of ether oxygens (including phenoxy) is 2. The Labute approximate surface area is 186 Å². The van der Waals surface area contributed by atoms with Gasteiger partial charge in [0.1, 0.15) is 12.3 Å². The summed E-state index contributed by atoms with van der Waals surface area (Å²) in [4.78, 5) is 44.8. The third-order valence-corrected chi connectivity index (χ3v) is 5.21. The first-order valence-corrected chi connectivity index (χ1v) is 10.4. The molecule has 162 valence electrons. The Morgan fingerprint density at radius 2 is 2.16 bits per heavy atom. The van der Waals surface area contributed by atoms with Crippen LogP contribution in [0.2, 0.25) is 5.28 Å². The molecule has 1 aromatic carbocycles. The van der Waals surface area contributed by atoms with Crippen LogP contribution >= 0.6 is 23.4 Å². The number of benzene rings is 1. The first-order valence-electron chi connectivity index (χ1n) is 9.17. The highest BCUT2D eigenvalue weighted by Crippen LogP contribution is 2.33. The average molecular weight is 466 g/mol. The topological polar surface area (TPSA) is 98.7 Å². The fourth-order valence-corrected chi connectivity index (χ4v) is 3.41. The second-order valence-electron chi connectivity index (χ2n) is 6.44. The highest BCUT2D eigenvalue weighted by atomic mass is 35.5. The van der Waals surface area contributed by atoms with Gasteiger partial charge >= 0.3 is 5.97 Å². The molecule has 0 unspecified atom stereocenters. The third-order valence-electron chi connectivity index (χ3n) is 4.12. The number of carbonyl (C=O) groups excluding carboxylic acids is 3. The molecule has 0 spiro atoms. The molecule has 2 heterocycles. The number of hydrogen-bond acceptors (Lipinski definition) is 8. The molecule has 1 fully saturated rings. The van der Waals surface area contributed by atoms with Crippen LogP contribution in [0.4, 0.5) is 9.18 Å². The lowest BCUT2D eigenvalue weighted by Crippen LogP contribution is -2.35. The lowest BCUT2D eigenvalue weighted by atomic mass is 10.2. The van der Waals surface area contributed by atoms with Crippen LogP contribution in [0.25, 0.3) is 6.08 Å². The first kappa shape index (κ1) is 22.7. The van der Waals surface area contributed by atoms with Gasteiger partial charge in [0.2, 0.25) is 11.1 Å². The Bertz CT molecular complexity index is 1060. The molecule has 2 amide bonds. The van der Waals surface area contributed by atoms with Crippen LogP contribution in [0.1, 0.15) is 25.8 Å². The van der Waals surface area contributed by atoms with Gasteiger partial charge in [-0.15, -0.1) is 0 Å². The van der Waals surface area contributed by atoms with Crippen molar-refractivity contribution in [1.82, 2.24) is 14.9 Å². The maximum Gasteiger partial charge on any atom is 0.326 e. The van der Waals surface area contributed by atoms with Gasteiger partial charge in [0.05, 0.1) is 17.2 Å². The minimum absolute atomic E-state index is 0.134. The number of carbonyl (C=O) groups is 3. The molecule has 0 aliphatic carbocycles. The van der Waals surface area contributed by atoms with Crippen LogP contribution in [0.15, 0.2) is 35.4 Å². The summed E-state index contributed by atoms with van der Waals surface area (Å²) in [6, 6.07) is 6.38. The van der Waals surface area contributed by atoms with Crippen molar-refractivity contribution < 1.29 is 28.2 Å². The normalized spacial score (nSPS) is 16.0. The Balaban J connectivity index is 1.74. The zero-order valence-electron chi connectivity index (χ0n) is 16.5. The molecular weight excluding hydrogens is 449 g/mol. The van der Waals surface area contributed by atoms with Crippen molar-refractivity contribution in [3.8, 4) is 11.6 Å². The van der Waals surface area contributed by atoms with E-state index in [-0.39, 0.29) is 27.9 Å². The van der Waals surface area contributed by atoms with E-state index in [0.29, 0.717) is 23.7 Å². The van der Waals surface area contributed by atoms with Crippen molar-refractivity contribution in [2.24, 2.45) is 0 Å². The average Bonchev–Trinajstić information content (AvgIpc) is 2.98. The number of aromatic nitrogens is 2. The van der Waals surface area contributed by atoms with Crippen molar-refractivity contribution in [3.63, 3.8) is 0 Å². The van der Waals surface area contributed by atoms with Crippen molar-refractivity contribution in [2.75, 3.05) is 6.54 Å². The van der Waals surface area contributed by atoms with Crippen LogP contribution < -0.4 is 4.74 Å². The van der Waals surface area contributed by atoms with Gasteiger partial charge in [0.15, 0.2) is 0 Å². The van der Waals surface area contributed by atoms with Crippen molar-refractivity contribution in [3.05, 3.63) is 52.0 Å². The van der Waals surface area contributed by atoms with Gasteiger partial charge in [-0.2, -0.15) is 9.37 Å². The van der Waals surface area contributed by atoms with E-state index in [1.54, 1.807) is 25.1 Å². The van der Waals surface area contributed by atoms with Gasteiger partial charge in [-0.3, -0.25) is 19.3 Å². The number of rotatable bonds is 7. The van der Waals surface area contributed by atoms with Crippen molar-refractivity contribution in [1.29, 1.82) is 0 Å². The second kappa shape index (κ2) is 9.88. The van der Waals surface area contributed by atoms with Gasteiger partial charge in [-0.05, 0) is 60.5 Å². The summed E-state index contributed by atoms with van der Waals surface area (Å²) in [7, 11) is 0. The maximum atomic E-state index is 13.8. The zero-order valence-corrected chi connectivity index (χ0v) is 18.1. The van der Waals surface area contributed by atoms with E-state index in [0.717, 1.165) is 11.1 Å². The van der Waals surface area contributed by atoms with E-state index >= 15 is 0 Å². The molecule has 8 nitrogen and oxygen atoms in total. The Hall–Kier alpha value is -2.98. The van der Waals surface area contributed by atoms with Gasteiger partial charge in [0, 0.05) is 0 Å². The Kier molecular flexibility index (Phi) is 7.24. The number of halogens is 2. The van der Waals surface area contributed by atoms with Gasteiger partial charge < -0.3 is 9.47 Å². The Morgan fingerprint density at radius 3 is 2.90 bits per heavy atom. The highest BCUT2D eigenvalue weighted by Gasteiger charge is 2.36. The number of hydrogen-bond donors (Lipinski definition) is 0. The standard InChI is InChI=1S/C20H17ClFN3O5S/c1-3-11(2)29-16(26)10-25-18(27)15(31-20(25)28)8-12-5-4-6-13(7-12)30-17-14(22)9-23-19(21)24-17/h4-9,11H,3,10H2,1-2H3/b15-8+/t11-/m0/s1. The molecule has 31 heavy (non-hydrogen) atoms. The van der Waals surface area contributed by atoms with E-state index in [9.17, 15) is 18.8 Å². The monoisotopic (exact) mass is 465 g/mol. The molecular formula is C20H17ClFN3O5S. The van der Waals surface area contributed by atoms with E-state index in [4.69, 9.17) is 21.1 Å². The smallest absolute Gasteiger partial charge is 0.326 e. The zero-order chi connectivity index (χ0) is 22.5. The molecule has 3 rings (SSSR count). The van der Waals surface area contributed by atoms with Crippen LogP contribution in [-0.4, -0.2) is 44.6 Å². The lowest BCUT2D eigenvalue weighted by Gasteiger charge is -2.14.